The Labute approximate surface area is 106 Å². The molecule has 6 heteroatoms. The van der Waals surface area contributed by atoms with Crippen LogP contribution in [0.1, 0.15) is 6.92 Å². The summed E-state index contributed by atoms with van der Waals surface area (Å²) in [4.78, 5) is 11.4. The number of thioether (sulfide) groups is 1. The number of hydrogen-bond acceptors (Lipinski definition) is 4. The lowest BCUT2D eigenvalue weighted by Gasteiger charge is -2.17. The van der Waals surface area contributed by atoms with Crippen LogP contribution < -0.4 is 5.73 Å². The van der Waals surface area contributed by atoms with E-state index in [9.17, 15) is 9.90 Å². The van der Waals surface area contributed by atoms with Crippen LogP contribution in [0.25, 0.3) is 0 Å². The van der Waals surface area contributed by atoms with Crippen molar-refractivity contribution < 1.29 is 15.0 Å². The van der Waals surface area contributed by atoms with E-state index in [1.165, 1.54) is 18.7 Å². The van der Waals surface area contributed by atoms with Crippen molar-refractivity contribution in [2.24, 2.45) is 0 Å². The van der Waals surface area contributed by atoms with Gasteiger partial charge >= 0.3 is 5.97 Å². The number of anilines is 1. The molecule has 0 saturated carbocycles. The van der Waals surface area contributed by atoms with Gasteiger partial charge in [-0.2, -0.15) is 0 Å². The maximum absolute atomic E-state index is 10.7. The summed E-state index contributed by atoms with van der Waals surface area (Å²) in [5.41, 5.74) is 4.56. The zero-order valence-corrected chi connectivity index (χ0v) is 11.0. The van der Waals surface area contributed by atoms with Gasteiger partial charge in [0.15, 0.2) is 5.60 Å². The summed E-state index contributed by atoms with van der Waals surface area (Å²) in [6, 6.07) is 5.33. The fraction of sp³-hybridized carbons (Fsp3) is 0.300. The summed E-state index contributed by atoms with van der Waals surface area (Å²) in [6.45, 7) is 1.26. The van der Waals surface area contributed by atoms with Crippen LogP contribution in [0.5, 0.6) is 0 Å². The number of carboxylic acid groups (broad SMARTS) is 1. The molecule has 0 aliphatic rings. The molecule has 88 valence electrons. The number of aliphatic carboxylic acids is 1. The summed E-state index contributed by atoms with van der Waals surface area (Å²) in [7, 11) is 0. The number of nitrogens with two attached hydrogens (primary N) is 1. The molecule has 0 bridgehead atoms. The van der Waals surface area contributed by atoms with E-state index >= 15 is 0 Å². The molecule has 1 aromatic rings. The minimum atomic E-state index is -1.75. The molecule has 0 aliphatic carbocycles. The predicted molar refractivity (Wildman–Crippen MR) is 67.5 cm³/mol. The van der Waals surface area contributed by atoms with Gasteiger partial charge in [0.05, 0.1) is 0 Å². The molecular formula is C10H12BrNO3S. The Hall–Kier alpha value is -0.720. The van der Waals surface area contributed by atoms with Crippen molar-refractivity contribution in [2.45, 2.75) is 17.4 Å². The summed E-state index contributed by atoms with van der Waals surface area (Å²) in [6.07, 6.45) is 0. The summed E-state index contributed by atoms with van der Waals surface area (Å²) in [5.74, 6) is -1.19. The maximum Gasteiger partial charge on any atom is 0.336 e. The molecule has 0 aromatic heterocycles. The molecule has 0 spiro atoms. The molecule has 1 atom stereocenters. The highest BCUT2D eigenvalue weighted by Gasteiger charge is 2.30. The molecular weight excluding hydrogens is 294 g/mol. The second-order valence-corrected chi connectivity index (χ2v) is 5.48. The molecule has 1 rings (SSSR count). The van der Waals surface area contributed by atoms with E-state index in [2.05, 4.69) is 15.9 Å². The molecule has 1 aromatic carbocycles. The van der Waals surface area contributed by atoms with Crippen molar-refractivity contribution in [2.75, 3.05) is 11.5 Å². The minimum Gasteiger partial charge on any atom is -0.479 e. The number of carbonyl (C=O) groups is 1. The Balaban J connectivity index is 2.72. The minimum absolute atomic E-state index is 0.0498. The summed E-state index contributed by atoms with van der Waals surface area (Å²) < 4.78 is 0.861. The van der Waals surface area contributed by atoms with Gasteiger partial charge in [-0.05, 0) is 25.1 Å². The van der Waals surface area contributed by atoms with Gasteiger partial charge < -0.3 is 15.9 Å². The molecule has 16 heavy (non-hydrogen) atoms. The second-order valence-electron chi connectivity index (χ2n) is 3.55. The van der Waals surface area contributed by atoms with Gasteiger partial charge in [0.2, 0.25) is 0 Å². The van der Waals surface area contributed by atoms with Crippen molar-refractivity contribution >= 4 is 39.3 Å². The number of hydrogen-bond donors (Lipinski definition) is 3. The molecule has 0 saturated heterocycles. The average Bonchev–Trinajstić information content (AvgIpc) is 2.16. The molecule has 1 unspecified atom stereocenters. The summed E-state index contributed by atoms with van der Waals surface area (Å²) in [5, 5.41) is 18.3. The lowest BCUT2D eigenvalue weighted by Crippen LogP contribution is -2.37. The number of nitrogen functional groups attached to an aromatic ring is 1. The third-order valence-electron chi connectivity index (χ3n) is 1.94. The van der Waals surface area contributed by atoms with Gasteiger partial charge in [0.25, 0.3) is 0 Å². The van der Waals surface area contributed by atoms with Gasteiger partial charge in [0.1, 0.15) is 0 Å². The van der Waals surface area contributed by atoms with E-state index in [1.54, 1.807) is 12.1 Å². The number of aliphatic hydroxyl groups is 1. The van der Waals surface area contributed by atoms with Gasteiger partial charge in [-0.25, -0.2) is 4.79 Å². The Morgan fingerprint density at radius 1 is 1.62 bits per heavy atom. The van der Waals surface area contributed by atoms with Crippen molar-refractivity contribution in [3.63, 3.8) is 0 Å². The van der Waals surface area contributed by atoms with Crippen molar-refractivity contribution in [3.05, 3.63) is 22.7 Å². The van der Waals surface area contributed by atoms with E-state index in [0.717, 1.165) is 9.37 Å². The number of rotatable bonds is 4. The molecule has 0 radical (unpaired) electrons. The van der Waals surface area contributed by atoms with Crippen LogP contribution in [0, 0.1) is 0 Å². The van der Waals surface area contributed by atoms with E-state index in [1.807, 2.05) is 6.07 Å². The molecule has 0 amide bonds. The van der Waals surface area contributed by atoms with E-state index < -0.39 is 11.6 Å². The van der Waals surface area contributed by atoms with Crippen LogP contribution >= 0.6 is 27.7 Å². The number of benzene rings is 1. The van der Waals surface area contributed by atoms with Crippen LogP contribution in [0.4, 0.5) is 5.69 Å². The van der Waals surface area contributed by atoms with Gasteiger partial charge in [-0.15, -0.1) is 11.8 Å². The lowest BCUT2D eigenvalue weighted by atomic mass is 10.1. The highest BCUT2D eigenvalue weighted by Crippen LogP contribution is 2.30. The highest BCUT2D eigenvalue weighted by atomic mass is 79.9. The van der Waals surface area contributed by atoms with Crippen LogP contribution in [-0.2, 0) is 4.79 Å². The van der Waals surface area contributed by atoms with E-state index in [4.69, 9.17) is 10.8 Å². The van der Waals surface area contributed by atoms with Crippen molar-refractivity contribution in [1.82, 2.24) is 0 Å². The number of carboxylic acids is 1. The predicted octanol–water partition coefficient (Wildman–Crippen LogP) is 1.96. The largest absolute Gasteiger partial charge is 0.479 e. The zero-order chi connectivity index (χ0) is 12.3. The van der Waals surface area contributed by atoms with Crippen molar-refractivity contribution in [1.29, 1.82) is 0 Å². The first-order valence-corrected chi connectivity index (χ1v) is 6.24. The van der Waals surface area contributed by atoms with Crippen molar-refractivity contribution in [3.8, 4) is 0 Å². The normalized spacial score (nSPS) is 14.4. The zero-order valence-electron chi connectivity index (χ0n) is 8.61. The molecule has 4 N–H and O–H groups in total. The molecule has 0 aliphatic heterocycles. The quantitative estimate of drug-likeness (QED) is 0.585. The maximum atomic E-state index is 10.7. The first kappa shape index (κ1) is 13.3. The molecule has 0 fully saturated rings. The first-order valence-electron chi connectivity index (χ1n) is 4.46. The van der Waals surface area contributed by atoms with E-state index in [0.29, 0.717) is 5.69 Å². The van der Waals surface area contributed by atoms with E-state index in [-0.39, 0.29) is 5.75 Å². The van der Waals surface area contributed by atoms with Gasteiger partial charge in [-0.3, -0.25) is 0 Å². The van der Waals surface area contributed by atoms with Crippen LogP contribution in [0.15, 0.2) is 27.6 Å². The standard InChI is InChI=1S/C10H12BrNO3S/c1-10(15,9(13)14)5-16-8-3-2-6(11)4-7(8)12/h2-4,15H,5,12H2,1H3,(H,13,14). The molecule has 0 heterocycles. The first-order chi connectivity index (χ1) is 7.33. The second kappa shape index (κ2) is 5.07. The third kappa shape index (κ3) is 3.40. The fourth-order valence-electron chi connectivity index (χ4n) is 0.931. The third-order valence-corrected chi connectivity index (χ3v) is 3.82. The SMILES string of the molecule is CC(O)(CSc1ccc(Br)cc1N)C(=O)O. The smallest absolute Gasteiger partial charge is 0.336 e. The fourth-order valence-corrected chi connectivity index (χ4v) is 2.26. The Bertz CT molecular complexity index is 409. The molecule has 4 nitrogen and oxygen atoms in total. The number of halogens is 1. The van der Waals surface area contributed by atoms with Crippen LogP contribution in [0.2, 0.25) is 0 Å². The summed E-state index contributed by atoms with van der Waals surface area (Å²) >= 11 is 4.49. The van der Waals surface area contributed by atoms with Gasteiger partial charge in [0, 0.05) is 20.8 Å². The average molecular weight is 306 g/mol. The monoisotopic (exact) mass is 305 g/mol. The Morgan fingerprint density at radius 3 is 2.75 bits per heavy atom. The highest BCUT2D eigenvalue weighted by molar-refractivity contribution is 9.10. The Morgan fingerprint density at radius 2 is 2.25 bits per heavy atom. The van der Waals surface area contributed by atoms with Crippen LogP contribution in [-0.4, -0.2) is 27.5 Å². The lowest BCUT2D eigenvalue weighted by molar-refractivity contribution is -0.154. The Kier molecular flexibility index (Phi) is 4.23. The topological polar surface area (TPSA) is 83.5 Å². The van der Waals surface area contributed by atoms with Crippen LogP contribution in [0.3, 0.4) is 0 Å². The van der Waals surface area contributed by atoms with Gasteiger partial charge in [-0.1, -0.05) is 15.9 Å².